The molecule has 0 atom stereocenters. The molecule has 1 aliphatic rings. The highest BCUT2D eigenvalue weighted by atomic mass is 16.2. The van der Waals surface area contributed by atoms with Gasteiger partial charge in [0.15, 0.2) is 0 Å². The number of nitrogen functional groups attached to an aromatic ring is 1. The molecule has 2 aromatic carbocycles. The summed E-state index contributed by atoms with van der Waals surface area (Å²) < 4.78 is 0. The summed E-state index contributed by atoms with van der Waals surface area (Å²) in [5.74, 6) is 0.607. The number of nitrogens with one attached hydrogen (secondary N) is 1. The molecule has 5 heteroatoms. The van der Waals surface area contributed by atoms with Crippen molar-refractivity contribution < 1.29 is 4.79 Å². The molecular weight excluding hydrogens is 456 g/mol. The van der Waals surface area contributed by atoms with Gasteiger partial charge in [0, 0.05) is 41.8 Å². The number of pyridine rings is 1. The molecular formula is C32H42N4O. The van der Waals surface area contributed by atoms with Gasteiger partial charge in [0.1, 0.15) is 0 Å². The number of para-hydroxylation sites is 1. The van der Waals surface area contributed by atoms with E-state index in [-0.39, 0.29) is 11.4 Å². The number of benzene rings is 2. The van der Waals surface area contributed by atoms with E-state index in [4.69, 9.17) is 10.7 Å². The summed E-state index contributed by atoms with van der Waals surface area (Å²) in [4.78, 5) is 20.9. The molecule has 0 unspecified atom stereocenters. The van der Waals surface area contributed by atoms with E-state index in [1.807, 2.05) is 41.4 Å². The minimum atomic E-state index is -0.150. The van der Waals surface area contributed by atoms with Crippen LogP contribution in [-0.4, -0.2) is 22.5 Å². The van der Waals surface area contributed by atoms with Crippen LogP contribution < -0.4 is 11.1 Å². The summed E-state index contributed by atoms with van der Waals surface area (Å²) in [5, 5.41) is 3.37. The molecule has 0 aliphatic heterocycles. The molecule has 0 radical (unpaired) electrons. The van der Waals surface area contributed by atoms with E-state index in [1.54, 1.807) is 0 Å². The summed E-state index contributed by atoms with van der Waals surface area (Å²) in [6, 6.07) is 20.3. The molecule has 2 amide bonds. The van der Waals surface area contributed by atoms with Gasteiger partial charge in [-0.25, -0.2) is 4.79 Å². The Morgan fingerprint density at radius 1 is 0.919 bits per heavy atom. The second kappa shape index (κ2) is 11.8. The fourth-order valence-corrected chi connectivity index (χ4v) is 5.69. The maximum absolute atomic E-state index is 14.2. The third kappa shape index (κ3) is 6.33. The predicted molar refractivity (Wildman–Crippen MR) is 154 cm³/mol. The van der Waals surface area contributed by atoms with Crippen molar-refractivity contribution in [1.29, 1.82) is 0 Å². The number of carbonyl (C=O) groups is 1. The summed E-state index contributed by atoms with van der Waals surface area (Å²) in [6.45, 7) is 9.86. The van der Waals surface area contributed by atoms with Gasteiger partial charge in [-0.05, 0) is 65.6 Å². The molecule has 196 valence electrons. The van der Waals surface area contributed by atoms with Gasteiger partial charge in [-0.3, -0.25) is 4.98 Å². The molecule has 3 N–H and O–H groups in total. The Labute approximate surface area is 222 Å². The molecule has 1 aliphatic carbocycles. The van der Waals surface area contributed by atoms with Gasteiger partial charge >= 0.3 is 6.03 Å². The van der Waals surface area contributed by atoms with Crippen molar-refractivity contribution in [3.05, 3.63) is 89.2 Å². The number of rotatable bonds is 8. The van der Waals surface area contributed by atoms with Crippen molar-refractivity contribution in [3.63, 3.8) is 0 Å². The highest BCUT2D eigenvalue weighted by Crippen LogP contribution is 2.40. The van der Waals surface area contributed by atoms with Crippen molar-refractivity contribution in [2.75, 3.05) is 17.6 Å². The summed E-state index contributed by atoms with van der Waals surface area (Å²) >= 11 is 0. The molecule has 1 heterocycles. The van der Waals surface area contributed by atoms with Crippen molar-refractivity contribution in [3.8, 4) is 0 Å². The molecule has 1 aromatic heterocycles. The van der Waals surface area contributed by atoms with E-state index in [2.05, 4.69) is 63.3 Å². The molecule has 37 heavy (non-hydrogen) atoms. The van der Waals surface area contributed by atoms with Gasteiger partial charge in [-0.2, -0.15) is 0 Å². The molecule has 0 saturated heterocycles. The molecule has 0 spiro atoms. The SMILES string of the molecule is CC(C)c1cccc(C(C)C)c1NC(=O)N(Cc1ccc(N)cc1)CC1(c2ccccn2)CCCCC1. The lowest BCUT2D eigenvalue weighted by Gasteiger charge is -2.41. The zero-order valence-electron chi connectivity index (χ0n) is 22.8. The Morgan fingerprint density at radius 2 is 1.57 bits per heavy atom. The lowest BCUT2D eigenvalue weighted by Crippen LogP contribution is -2.46. The van der Waals surface area contributed by atoms with E-state index in [9.17, 15) is 4.79 Å². The normalized spacial score (nSPS) is 15.1. The van der Waals surface area contributed by atoms with Crippen molar-refractivity contribution in [2.45, 2.75) is 83.6 Å². The molecule has 0 bridgehead atoms. The molecule has 1 saturated carbocycles. The lowest BCUT2D eigenvalue weighted by molar-refractivity contribution is 0.167. The summed E-state index contributed by atoms with van der Waals surface area (Å²) in [7, 11) is 0. The van der Waals surface area contributed by atoms with Crippen LogP contribution in [0, 0.1) is 0 Å². The first kappa shape index (κ1) is 26.7. The second-order valence-corrected chi connectivity index (χ2v) is 11.2. The van der Waals surface area contributed by atoms with Gasteiger partial charge in [0.25, 0.3) is 0 Å². The smallest absolute Gasteiger partial charge is 0.322 e. The Morgan fingerprint density at radius 3 is 2.14 bits per heavy atom. The van der Waals surface area contributed by atoms with Crippen LogP contribution in [0.3, 0.4) is 0 Å². The topological polar surface area (TPSA) is 71.2 Å². The fraction of sp³-hybridized carbons (Fsp3) is 0.438. The van der Waals surface area contributed by atoms with Gasteiger partial charge in [0.2, 0.25) is 0 Å². The highest BCUT2D eigenvalue weighted by Gasteiger charge is 2.38. The first-order chi connectivity index (χ1) is 17.8. The van der Waals surface area contributed by atoms with Crippen LogP contribution in [0.4, 0.5) is 16.2 Å². The minimum Gasteiger partial charge on any atom is -0.399 e. The first-order valence-corrected chi connectivity index (χ1v) is 13.7. The number of nitrogens with zero attached hydrogens (tertiary/aromatic N) is 2. The number of carbonyl (C=O) groups excluding carboxylic acids is 1. The van der Waals surface area contributed by atoms with Crippen molar-refractivity contribution in [1.82, 2.24) is 9.88 Å². The van der Waals surface area contributed by atoms with Gasteiger partial charge in [-0.1, -0.05) is 83.4 Å². The molecule has 1 fully saturated rings. The number of anilines is 2. The van der Waals surface area contributed by atoms with Crippen LogP contribution in [0.5, 0.6) is 0 Å². The van der Waals surface area contributed by atoms with Crippen LogP contribution in [0.15, 0.2) is 66.9 Å². The number of urea groups is 1. The number of hydrogen-bond acceptors (Lipinski definition) is 3. The van der Waals surface area contributed by atoms with E-state index < -0.39 is 0 Å². The van der Waals surface area contributed by atoms with Gasteiger partial charge < -0.3 is 16.0 Å². The number of nitrogens with two attached hydrogens (primary N) is 1. The number of amides is 2. The summed E-state index contributed by atoms with van der Waals surface area (Å²) in [6.07, 6.45) is 7.50. The molecule has 5 nitrogen and oxygen atoms in total. The van der Waals surface area contributed by atoms with Crippen molar-refractivity contribution in [2.24, 2.45) is 0 Å². The monoisotopic (exact) mass is 498 g/mol. The predicted octanol–water partition coefficient (Wildman–Crippen LogP) is 7.85. The summed E-state index contributed by atoms with van der Waals surface area (Å²) in [5.41, 5.74) is 12.0. The van der Waals surface area contributed by atoms with Gasteiger partial charge in [-0.15, -0.1) is 0 Å². The zero-order valence-corrected chi connectivity index (χ0v) is 22.8. The fourth-order valence-electron chi connectivity index (χ4n) is 5.69. The Bertz CT molecular complexity index is 1140. The molecule has 4 rings (SSSR count). The number of hydrogen-bond donors (Lipinski definition) is 2. The largest absolute Gasteiger partial charge is 0.399 e. The van der Waals surface area contributed by atoms with Crippen molar-refractivity contribution >= 4 is 17.4 Å². The maximum Gasteiger partial charge on any atom is 0.322 e. The minimum absolute atomic E-state index is 0.0623. The van der Waals surface area contributed by atoms with E-state index in [0.717, 1.165) is 48.3 Å². The zero-order chi connectivity index (χ0) is 26.4. The highest BCUT2D eigenvalue weighted by molar-refractivity contribution is 5.91. The van der Waals surface area contributed by atoms with Crippen LogP contribution in [-0.2, 0) is 12.0 Å². The third-order valence-electron chi connectivity index (χ3n) is 7.76. The lowest BCUT2D eigenvalue weighted by atomic mass is 9.71. The maximum atomic E-state index is 14.2. The first-order valence-electron chi connectivity index (χ1n) is 13.7. The molecule has 3 aromatic rings. The third-order valence-corrected chi connectivity index (χ3v) is 7.76. The van der Waals surface area contributed by atoms with Crippen LogP contribution in [0.1, 0.15) is 94.0 Å². The Hall–Kier alpha value is -3.34. The number of aromatic nitrogens is 1. The van der Waals surface area contributed by atoms with Crippen LogP contribution in [0.25, 0.3) is 0 Å². The standard InChI is InChI=1S/C32H42N4O/c1-23(2)27-11-10-12-28(24(3)4)30(27)35-31(37)36(21-25-14-16-26(33)17-15-25)22-32(18-7-5-8-19-32)29-13-6-9-20-34-29/h6,9-17,20,23-24H,5,7-8,18-19,21-22,33H2,1-4H3,(H,35,37). The Kier molecular flexibility index (Phi) is 8.52. The quantitative estimate of drug-likeness (QED) is 0.311. The average molecular weight is 499 g/mol. The van der Waals surface area contributed by atoms with E-state index in [0.29, 0.717) is 24.9 Å². The van der Waals surface area contributed by atoms with Crippen LogP contribution >= 0.6 is 0 Å². The van der Waals surface area contributed by atoms with E-state index in [1.165, 1.54) is 17.5 Å². The van der Waals surface area contributed by atoms with Crippen LogP contribution in [0.2, 0.25) is 0 Å². The van der Waals surface area contributed by atoms with Gasteiger partial charge in [0.05, 0.1) is 0 Å². The van der Waals surface area contributed by atoms with E-state index >= 15 is 0 Å². The second-order valence-electron chi connectivity index (χ2n) is 11.2. The Balaban J connectivity index is 1.71. The average Bonchev–Trinajstić information content (AvgIpc) is 2.90.